The number of Topliss-reactive ketones (excluding diaryl/α,β-unsaturated/α-hetero) is 1. The van der Waals surface area contributed by atoms with Crippen LogP contribution in [0.4, 0.5) is 5.69 Å². The number of ether oxygens (including phenoxy) is 1. The Balaban J connectivity index is 2.77. The number of nitro groups is 1. The second-order valence-corrected chi connectivity index (χ2v) is 6.23. The summed E-state index contributed by atoms with van der Waals surface area (Å²) in [5.74, 6) is 0.545. The van der Waals surface area contributed by atoms with Gasteiger partial charge in [-0.1, -0.05) is 20.8 Å². The van der Waals surface area contributed by atoms with E-state index in [1.807, 2.05) is 20.8 Å². The van der Waals surface area contributed by atoms with Crippen molar-refractivity contribution in [3.8, 4) is 5.75 Å². The van der Waals surface area contributed by atoms with E-state index in [0.717, 1.165) is 0 Å². The molecule has 0 aliphatic heterocycles. The Kier molecular flexibility index (Phi) is 4.87. The molecule has 20 heavy (non-hydrogen) atoms. The molecule has 110 valence electrons. The molecule has 1 rings (SSSR count). The van der Waals surface area contributed by atoms with E-state index in [2.05, 4.69) is 0 Å². The summed E-state index contributed by atoms with van der Waals surface area (Å²) in [5.41, 5.74) is 1.18. The topological polar surface area (TPSA) is 69.4 Å². The van der Waals surface area contributed by atoms with Crippen molar-refractivity contribution in [1.82, 2.24) is 0 Å². The van der Waals surface area contributed by atoms with Crippen molar-refractivity contribution in [3.63, 3.8) is 0 Å². The molecule has 0 radical (unpaired) electrons. The zero-order chi connectivity index (χ0) is 15.5. The second kappa shape index (κ2) is 6.03. The van der Waals surface area contributed by atoms with Crippen LogP contribution >= 0.6 is 0 Å². The van der Waals surface area contributed by atoms with Gasteiger partial charge in [0.15, 0.2) is 5.78 Å². The highest BCUT2D eigenvalue weighted by atomic mass is 16.6. The molecule has 0 spiro atoms. The Bertz CT molecular complexity index is 529. The average molecular weight is 279 g/mol. The van der Waals surface area contributed by atoms with E-state index in [9.17, 15) is 14.9 Å². The lowest BCUT2D eigenvalue weighted by Crippen LogP contribution is -2.19. The van der Waals surface area contributed by atoms with Crippen LogP contribution in [-0.4, -0.2) is 17.3 Å². The number of nitro benzene ring substituents is 1. The van der Waals surface area contributed by atoms with E-state index >= 15 is 0 Å². The number of aryl methyl sites for hydroxylation is 2. The fourth-order valence-electron chi connectivity index (χ4n) is 1.93. The highest BCUT2D eigenvalue weighted by Gasteiger charge is 2.18. The molecular weight excluding hydrogens is 258 g/mol. The number of hydrogen-bond donors (Lipinski definition) is 0. The SMILES string of the molecule is Cc1cc([N+](=O)[O-])c(C)cc1OCC(=O)CC(C)(C)C. The van der Waals surface area contributed by atoms with Crippen LogP contribution in [0.5, 0.6) is 5.75 Å². The zero-order valence-corrected chi connectivity index (χ0v) is 12.6. The van der Waals surface area contributed by atoms with Gasteiger partial charge in [0, 0.05) is 18.1 Å². The van der Waals surface area contributed by atoms with E-state index in [4.69, 9.17) is 4.74 Å². The highest BCUT2D eigenvalue weighted by molar-refractivity contribution is 5.80. The van der Waals surface area contributed by atoms with Crippen molar-refractivity contribution >= 4 is 11.5 Å². The maximum atomic E-state index is 11.8. The first kappa shape index (κ1) is 16.1. The molecule has 0 saturated carbocycles. The predicted octanol–water partition coefficient (Wildman–Crippen LogP) is 3.60. The first-order valence-corrected chi connectivity index (χ1v) is 6.50. The van der Waals surface area contributed by atoms with Crippen LogP contribution in [0, 0.1) is 29.4 Å². The van der Waals surface area contributed by atoms with Crippen LogP contribution in [0.25, 0.3) is 0 Å². The van der Waals surface area contributed by atoms with Crippen LogP contribution in [0.1, 0.15) is 38.3 Å². The number of benzene rings is 1. The van der Waals surface area contributed by atoms with Gasteiger partial charge in [-0.05, 0) is 30.9 Å². The molecule has 0 N–H and O–H groups in total. The number of nitrogens with zero attached hydrogens (tertiary/aromatic N) is 1. The Morgan fingerprint density at radius 3 is 2.35 bits per heavy atom. The lowest BCUT2D eigenvalue weighted by molar-refractivity contribution is -0.385. The van der Waals surface area contributed by atoms with Crippen LogP contribution < -0.4 is 4.74 Å². The number of rotatable bonds is 5. The van der Waals surface area contributed by atoms with Gasteiger partial charge in [0.25, 0.3) is 5.69 Å². The Morgan fingerprint density at radius 1 is 1.25 bits per heavy atom. The predicted molar refractivity (Wildman–Crippen MR) is 77.1 cm³/mol. The molecule has 0 heterocycles. The molecule has 0 aromatic heterocycles. The second-order valence-electron chi connectivity index (χ2n) is 6.23. The van der Waals surface area contributed by atoms with E-state index in [0.29, 0.717) is 23.3 Å². The smallest absolute Gasteiger partial charge is 0.272 e. The van der Waals surface area contributed by atoms with Gasteiger partial charge < -0.3 is 4.74 Å². The van der Waals surface area contributed by atoms with Gasteiger partial charge in [-0.25, -0.2) is 0 Å². The van der Waals surface area contributed by atoms with Gasteiger partial charge in [0.05, 0.1) is 4.92 Å². The van der Waals surface area contributed by atoms with Gasteiger partial charge >= 0.3 is 0 Å². The summed E-state index contributed by atoms with van der Waals surface area (Å²) >= 11 is 0. The van der Waals surface area contributed by atoms with E-state index in [1.54, 1.807) is 19.9 Å². The lowest BCUT2D eigenvalue weighted by Gasteiger charge is -2.17. The third-order valence-corrected chi connectivity index (χ3v) is 2.81. The Hall–Kier alpha value is -1.91. The minimum Gasteiger partial charge on any atom is -0.486 e. The summed E-state index contributed by atoms with van der Waals surface area (Å²) in [6, 6.07) is 3.08. The standard InChI is InChI=1S/C15H21NO4/c1-10-7-14(11(2)6-13(10)16(18)19)20-9-12(17)8-15(3,4)5/h6-7H,8-9H2,1-5H3. The monoisotopic (exact) mass is 279 g/mol. The quantitative estimate of drug-likeness (QED) is 0.610. The summed E-state index contributed by atoms with van der Waals surface area (Å²) < 4.78 is 5.49. The van der Waals surface area contributed by atoms with Gasteiger partial charge in [0.1, 0.15) is 12.4 Å². The van der Waals surface area contributed by atoms with Crippen molar-refractivity contribution < 1.29 is 14.5 Å². The first-order chi connectivity index (χ1) is 9.10. The molecule has 0 aliphatic carbocycles. The van der Waals surface area contributed by atoms with Crippen LogP contribution in [0.2, 0.25) is 0 Å². The van der Waals surface area contributed by atoms with Gasteiger partial charge in [0.2, 0.25) is 0 Å². The fraction of sp³-hybridized carbons (Fsp3) is 0.533. The van der Waals surface area contributed by atoms with Crippen molar-refractivity contribution in [2.24, 2.45) is 5.41 Å². The van der Waals surface area contributed by atoms with E-state index in [1.165, 1.54) is 6.07 Å². The van der Waals surface area contributed by atoms with Gasteiger partial charge in [-0.15, -0.1) is 0 Å². The van der Waals surface area contributed by atoms with Crippen LogP contribution in [0.3, 0.4) is 0 Å². The van der Waals surface area contributed by atoms with E-state index < -0.39 is 4.92 Å². The van der Waals surface area contributed by atoms with Crippen molar-refractivity contribution in [2.75, 3.05) is 6.61 Å². The summed E-state index contributed by atoms with van der Waals surface area (Å²) in [6.07, 6.45) is 0.442. The number of carbonyl (C=O) groups excluding carboxylic acids is 1. The molecule has 1 aromatic rings. The molecule has 0 unspecified atom stereocenters. The van der Waals surface area contributed by atoms with Gasteiger partial charge in [-0.2, -0.15) is 0 Å². The molecule has 0 saturated heterocycles. The molecule has 5 heteroatoms. The first-order valence-electron chi connectivity index (χ1n) is 6.50. The third kappa shape index (κ3) is 4.64. The molecule has 5 nitrogen and oxygen atoms in total. The number of ketones is 1. The molecule has 0 aliphatic rings. The average Bonchev–Trinajstić information content (AvgIpc) is 2.27. The zero-order valence-electron chi connectivity index (χ0n) is 12.6. The Morgan fingerprint density at radius 2 is 1.85 bits per heavy atom. The molecule has 1 aromatic carbocycles. The molecule has 0 fully saturated rings. The maximum Gasteiger partial charge on any atom is 0.272 e. The summed E-state index contributed by atoms with van der Waals surface area (Å²) in [6.45, 7) is 9.36. The normalized spacial score (nSPS) is 11.2. The molecule has 0 amide bonds. The minimum atomic E-state index is -0.420. The third-order valence-electron chi connectivity index (χ3n) is 2.81. The molecular formula is C15H21NO4. The summed E-state index contributed by atoms with van der Waals surface area (Å²) in [4.78, 5) is 22.2. The summed E-state index contributed by atoms with van der Waals surface area (Å²) in [5, 5.41) is 10.8. The fourth-order valence-corrected chi connectivity index (χ4v) is 1.93. The van der Waals surface area contributed by atoms with Crippen LogP contribution in [-0.2, 0) is 4.79 Å². The number of carbonyl (C=O) groups is 1. The lowest BCUT2D eigenvalue weighted by atomic mass is 9.90. The minimum absolute atomic E-state index is 0.00460. The highest BCUT2D eigenvalue weighted by Crippen LogP contribution is 2.28. The Labute approximate surface area is 119 Å². The maximum absolute atomic E-state index is 11.8. The number of hydrogen-bond acceptors (Lipinski definition) is 4. The van der Waals surface area contributed by atoms with Gasteiger partial charge in [-0.3, -0.25) is 14.9 Å². The van der Waals surface area contributed by atoms with Crippen molar-refractivity contribution in [1.29, 1.82) is 0 Å². The molecule has 0 atom stereocenters. The largest absolute Gasteiger partial charge is 0.486 e. The van der Waals surface area contributed by atoms with Crippen LogP contribution in [0.15, 0.2) is 12.1 Å². The molecule has 0 bridgehead atoms. The summed E-state index contributed by atoms with van der Waals surface area (Å²) in [7, 11) is 0. The van der Waals surface area contributed by atoms with Crippen molar-refractivity contribution in [3.05, 3.63) is 33.4 Å². The van der Waals surface area contributed by atoms with E-state index in [-0.39, 0.29) is 23.5 Å². The van der Waals surface area contributed by atoms with Crippen molar-refractivity contribution in [2.45, 2.75) is 41.0 Å².